The third-order valence-electron chi connectivity index (χ3n) is 4.90. The van der Waals surface area contributed by atoms with Crippen molar-refractivity contribution in [3.05, 3.63) is 64.7 Å². The van der Waals surface area contributed by atoms with Crippen molar-refractivity contribution in [2.45, 2.75) is 26.0 Å². The molecule has 1 heterocycles. The Labute approximate surface area is 174 Å². The molecule has 3 rings (SSSR count). The number of likely N-dealkylation sites (tertiary alicyclic amines) is 1. The second-order valence-corrected chi connectivity index (χ2v) is 7.35. The normalized spacial score (nSPS) is 17.1. The summed E-state index contributed by atoms with van der Waals surface area (Å²) in [5.74, 6) is -0.959. The second kappa shape index (κ2) is 9.09. The lowest BCUT2D eigenvalue weighted by molar-refractivity contribution is -0.151. The number of ether oxygens (including phenoxy) is 2. The second-order valence-electron chi connectivity index (χ2n) is 6.94. The van der Waals surface area contributed by atoms with E-state index in [4.69, 9.17) is 21.1 Å². The molecule has 6 nitrogen and oxygen atoms in total. The van der Waals surface area contributed by atoms with E-state index >= 15 is 0 Å². The first kappa shape index (κ1) is 20.9. The first-order chi connectivity index (χ1) is 13.9. The van der Waals surface area contributed by atoms with Crippen molar-refractivity contribution < 1.29 is 23.9 Å². The molecule has 0 aliphatic carbocycles. The zero-order valence-electron chi connectivity index (χ0n) is 16.3. The van der Waals surface area contributed by atoms with Crippen molar-refractivity contribution in [1.82, 2.24) is 4.90 Å². The van der Waals surface area contributed by atoms with E-state index in [1.54, 1.807) is 42.3 Å². The van der Waals surface area contributed by atoms with Crippen LogP contribution in [-0.2, 0) is 20.9 Å². The first-order valence-electron chi connectivity index (χ1n) is 9.29. The largest absolute Gasteiger partial charge is 0.497 e. The summed E-state index contributed by atoms with van der Waals surface area (Å²) in [5.41, 5.74) is 1.24. The van der Waals surface area contributed by atoms with Crippen molar-refractivity contribution in [2.24, 2.45) is 5.92 Å². The molecule has 0 unspecified atom stereocenters. The SMILES string of the molecule is COc1ccc(C(=O)[C@H](C)OC(=O)[C@H]2CC(=O)N(Cc3ccccc3Cl)C2)cc1. The maximum atomic E-state index is 12.5. The summed E-state index contributed by atoms with van der Waals surface area (Å²) in [7, 11) is 1.54. The van der Waals surface area contributed by atoms with Crippen LogP contribution in [0.25, 0.3) is 0 Å². The molecular weight excluding hydrogens is 394 g/mol. The standard InChI is InChI=1S/C22H22ClNO5/c1-14(21(26)15-7-9-18(28-2)10-8-15)29-22(27)17-11-20(25)24(13-17)12-16-5-3-4-6-19(16)23/h3-10,14,17H,11-13H2,1-2H3/t14-,17-/m0/s1. The Morgan fingerprint density at radius 1 is 1.17 bits per heavy atom. The predicted molar refractivity (Wildman–Crippen MR) is 108 cm³/mol. The molecule has 0 spiro atoms. The minimum atomic E-state index is -0.941. The van der Waals surface area contributed by atoms with Crippen molar-refractivity contribution in [2.75, 3.05) is 13.7 Å². The third-order valence-corrected chi connectivity index (χ3v) is 5.27. The van der Waals surface area contributed by atoms with Crippen LogP contribution < -0.4 is 4.74 Å². The molecule has 1 aliphatic rings. The van der Waals surface area contributed by atoms with Crippen LogP contribution in [0.1, 0.15) is 29.3 Å². The van der Waals surface area contributed by atoms with Crippen molar-refractivity contribution in [3.8, 4) is 5.75 Å². The fourth-order valence-corrected chi connectivity index (χ4v) is 3.42. The predicted octanol–water partition coefficient (Wildman–Crippen LogP) is 3.51. The van der Waals surface area contributed by atoms with E-state index < -0.39 is 18.0 Å². The lowest BCUT2D eigenvalue weighted by atomic mass is 10.1. The molecule has 1 aliphatic heterocycles. The molecule has 0 aromatic heterocycles. The quantitative estimate of drug-likeness (QED) is 0.511. The van der Waals surface area contributed by atoms with E-state index in [9.17, 15) is 14.4 Å². The fraction of sp³-hybridized carbons (Fsp3) is 0.318. The van der Waals surface area contributed by atoms with Gasteiger partial charge in [-0.15, -0.1) is 0 Å². The van der Waals surface area contributed by atoms with Gasteiger partial charge in [0.1, 0.15) is 5.75 Å². The van der Waals surface area contributed by atoms with Crippen LogP contribution in [0.4, 0.5) is 0 Å². The topological polar surface area (TPSA) is 72.9 Å². The molecule has 0 N–H and O–H groups in total. The van der Waals surface area contributed by atoms with Gasteiger partial charge >= 0.3 is 5.97 Å². The molecule has 0 radical (unpaired) electrons. The molecule has 2 atom stereocenters. The zero-order valence-corrected chi connectivity index (χ0v) is 17.0. The van der Waals surface area contributed by atoms with E-state index in [2.05, 4.69) is 0 Å². The molecule has 1 saturated heterocycles. The highest BCUT2D eigenvalue weighted by molar-refractivity contribution is 6.31. The van der Waals surface area contributed by atoms with Gasteiger partial charge in [-0.2, -0.15) is 0 Å². The van der Waals surface area contributed by atoms with Crippen molar-refractivity contribution >= 4 is 29.3 Å². The number of carbonyl (C=O) groups excluding carboxylic acids is 3. The van der Waals surface area contributed by atoms with Gasteiger partial charge in [-0.05, 0) is 42.8 Å². The van der Waals surface area contributed by atoms with E-state index in [0.717, 1.165) is 5.56 Å². The fourth-order valence-electron chi connectivity index (χ4n) is 3.23. The van der Waals surface area contributed by atoms with Gasteiger partial charge in [0.25, 0.3) is 0 Å². The van der Waals surface area contributed by atoms with Gasteiger partial charge < -0.3 is 14.4 Å². The van der Waals surface area contributed by atoms with Crippen LogP contribution in [0.2, 0.25) is 5.02 Å². The summed E-state index contributed by atoms with van der Waals surface area (Å²) in [6, 6.07) is 13.9. The average molecular weight is 416 g/mol. The lowest BCUT2D eigenvalue weighted by Gasteiger charge is -2.18. The maximum absolute atomic E-state index is 12.5. The zero-order chi connectivity index (χ0) is 21.0. The molecule has 7 heteroatoms. The Morgan fingerprint density at radius 3 is 2.52 bits per heavy atom. The maximum Gasteiger partial charge on any atom is 0.311 e. The number of carbonyl (C=O) groups is 3. The number of Topliss-reactive ketones (excluding diaryl/α,β-unsaturated/α-hetero) is 1. The Hall–Kier alpha value is -2.86. The monoisotopic (exact) mass is 415 g/mol. The number of rotatable bonds is 7. The van der Waals surface area contributed by atoms with Crippen molar-refractivity contribution in [1.29, 1.82) is 0 Å². The number of ketones is 1. The van der Waals surface area contributed by atoms with Gasteiger partial charge in [0.2, 0.25) is 11.7 Å². The summed E-state index contributed by atoms with van der Waals surface area (Å²) in [6.45, 7) is 2.11. The van der Waals surface area contributed by atoms with Crippen LogP contribution in [-0.4, -0.2) is 42.3 Å². The third kappa shape index (κ3) is 4.95. The van der Waals surface area contributed by atoms with Gasteiger partial charge in [0.15, 0.2) is 6.10 Å². The average Bonchev–Trinajstić information content (AvgIpc) is 3.09. The number of hydrogen-bond acceptors (Lipinski definition) is 5. The summed E-state index contributed by atoms with van der Waals surface area (Å²) < 4.78 is 10.4. The van der Waals surface area contributed by atoms with Crippen LogP contribution >= 0.6 is 11.6 Å². The van der Waals surface area contributed by atoms with E-state index in [0.29, 0.717) is 22.9 Å². The number of nitrogens with zero attached hydrogens (tertiary/aromatic N) is 1. The van der Waals surface area contributed by atoms with Gasteiger partial charge in [-0.1, -0.05) is 29.8 Å². The summed E-state index contributed by atoms with van der Waals surface area (Å²) in [6.07, 6.45) is -0.879. The van der Waals surface area contributed by atoms with E-state index in [-0.39, 0.29) is 24.7 Å². The van der Waals surface area contributed by atoms with Gasteiger partial charge in [0.05, 0.1) is 13.0 Å². The summed E-state index contributed by atoms with van der Waals surface area (Å²) >= 11 is 6.16. The number of halogens is 1. The first-order valence-corrected chi connectivity index (χ1v) is 9.66. The smallest absolute Gasteiger partial charge is 0.311 e. The van der Waals surface area contributed by atoms with Crippen LogP contribution in [0.5, 0.6) is 5.75 Å². The van der Waals surface area contributed by atoms with Crippen LogP contribution in [0.15, 0.2) is 48.5 Å². The molecule has 2 aromatic carbocycles. The van der Waals surface area contributed by atoms with E-state index in [1.165, 1.54) is 6.92 Å². The van der Waals surface area contributed by atoms with Gasteiger partial charge in [-0.25, -0.2) is 0 Å². The molecular formula is C22H22ClNO5. The van der Waals surface area contributed by atoms with Gasteiger partial charge in [0, 0.05) is 30.1 Å². The Bertz CT molecular complexity index is 912. The molecule has 1 fully saturated rings. The van der Waals surface area contributed by atoms with E-state index in [1.807, 2.05) is 18.2 Å². The highest BCUT2D eigenvalue weighted by Gasteiger charge is 2.36. The molecule has 2 aromatic rings. The minimum Gasteiger partial charge on any atom is -0.497 e. The molecule has 0 saturated carbocycles. The lowest BCUT2D eigenvalue weighted by Crippen LogP contribution is -2.30. The number of benzene rings is 2. The Kier molecular flexibility index (Phi) is 6.54. The molecule has 29 heavy (non-hydrogen) atoms. The summed E-state index contributed by atoms with van der Waals surface area (Å²) in [5, 5.41) is 0.574. The highest BCUT2D eigenvalue weighted by Crippen LogP contribution is 2.25. The van der Waals surface area contributed by atoms with Gasteiger partial charge in [-0.3, -0.25) is 14.4 Å². The minimum absolute atomic E-state index is 0.0622. The number of esters is 1. The van der Waals surface area contributed by atoms with Crippen LogP contribution in [0, 0.1) is 5.92 Å². The van der Waals surface area contributed by atoms with Crippen LogP contribution in [0.3, 0.4) is 0 Å². The molecule has 1 amide bonds. The highest BCUT2D eigenvalue weighted by atomic mass is 35.5. The number of hydrogen-bond donors (Lipinski definition) is 0. The summed E-state index contributed by atoms with van der Waals surface area (Å²) in [4.78, 5) is 38.9. The molecule has 152 valence electrons. The Balaban J connectivity index is 1.58. The Morgan fingerprint density at radius 2 is 1.86 bits per heavy atom. The number of amides is 1. The van der Waals surface area contributed by atoms with Crippen molar-refractivity contribution in [3.63, 3.8) is 0 Å². The number of methoxy groups -OCH3 is 1. The molecule has 0 bridgehead atoms.